The number of carbonyl (C=O) groups excluding carboxylic acids is 1. The van der Waals surface area contributed by atoms with E-state index in [0.717, 1.165) is 16.6 Å². The van der Waals surface area contributed by atoms with Crippen molar-refractivity contribution in [1.82, 2.24) is 0 Å². The second kappa shape index (κ2) is 3.90. The molecule has 0 atom stereocenters. The molecule has 0 spiro atoms. The van der Waals surface area contributed by atoms with E-state index in [9.17, 15) is 9.90 Å². The van der Waals surface area contributed by atoms with Crippen LogP contribution in [0.15, 0.2) is 51.2 Å². The van der Waals surface area contributed by atoms with Crippen molar-refractivity contribution in [3.05, 3.63) is 51.8 Å². The van der Waals surface area contributed by atoms with Crippen molar-refractivity contribution in [2.75, 3.05) is 0 Å². The maximum absolute atomic E-state index is 12.2. The maximum Gasteiger partial charge on any atom is 0.170 e. The van der Waals surface area contributed by atoms with E-state index < -0.39 is 0 Å². The summed E-state index contributed by atoms with van der Waals surface area (Å²) in [6.45, 7) is 0. The number of carbonyl (C=O) groups is 1. The molecule has 4 nitrogen and oxygen atoms in total. The molecule has 5 heteroatoms. The number of aliphatic imine (C=N–C) groups is 1. The molecule has 0 bridgehead atoms. The number of aromatic hydroxyl groups is 1. The summed E-state index contributed by atoms with van der Waals surface area (Å²) in [6.07, 6.45) is 3.91. The minimum Gasteiger partial charge on any atom is -0.508 e. The lowest BCUT2D eigenvalue weighted by Gasteiger charge is -2.14. The number of hydrogen-bond acceptors (Lipinski definition) is 4. The zero-order valence-electron chi connectivity index (χ0n) is 9.75. The quantitative estimate of drug-likeness (QED) is 0.759. The van der Waals surface area contributed by atoms with Crippen LogP contribution in [0.25, 0.3) is 5.57 Å². The van der Waals surface area contributed by atoms with Gasteiger partial charge < -0.3 is 5.11 Å². The molecule has 0 amide bonds. The fraction of sp³-hybridized carbons (Fsp3) is 0.0714. The van der Waals surface area contributed by atoms with E-state index in [1.807, 2.05) is 6.08 Å². The molecule has 2 aliphatic heterocycles. The summed E-state index contributed by atoms with van der Waals surface area (Å²) in [7, 11) is 0. The Kier molecular flexibility index (Phi) is 2.43. The summed E-state index contributed by atoms with van der Waals surface area (Å²) in [5, 5.41) is 11.0. The molecule has 0 radical (unpaired) electrons. The molecule has 19 heavy (non-hydrogen) atoms. The monoisotopic (exact) mass is 272 g/mol. The van der Waals surface area contributed by atoms with Gasteiger partial charge in [-0.25, -0.2) is 4.99 Å². The number of phenols is 1. The molecule has 1 aliphatic carbocycles. The summed E-state index contributed by atoms with van der Waals surface area (Å²) in [6, 6.07) is 4.89. The van der Waals surface area contributed by atoms with Gasteiger partial charge in [0.1, 0.15) is 11.4 Å². The summed E-state index contributed by atoms with van der Waals surface area (Å²) in [4.78, 5) is 20.9. The zero-order chi connectivity index (χ0) is 12.3. The van der Waals surface area contributed by atoms with E-state index in [1.54, 1.807) is 24.4 Å². The van der Waals surface area contributed by atoms with Gasteiger partial charge in [-0.2, -0.15) is 0 Å². The molecule has 0 saturated carbocycles. The lowest BCUT2D eigenvalue weighted by atomic mass is 9.91. The Morgan fingerprint density at radius 1 is 1.21 bits per heavy atom. The number of rotatable bonds is 0. The number of benzene rings is 1. The first-order valence-electron chi connectivity index (χ1n) is 5.67. The van der Waals surface area contributed by atoms with E-state index >= 15 is 0 Å². The highest BCUT2D eigenvalue weighted by Gasteiger charge is 2.31. The Hall–Kier alpha value is -2.20. The van der Waals surface area contributed by atoms with Crippen molar-refractivity contribution in [2.45, 2.75) is 6.42 Å². The molecule has 4 rings (SSSR count). The third-order valence-corrected chi connectivity index (χ3v) is 3.36. The highest BCUT2D eigenvalue weighted by atomic mass is 35.5. The number of nitrogens with zero attached hydrogens (tertiary/aromatic N) is 2. The molecule has 1 aromatic rings. The molecule has 2 heterocycles. The van der Waals surface area contributed by atoms with Gasteiger partial charge in [-0.05, 0) is 29.8 Å². The number of halogens is 1. The number of Topliss-reactive ketones (excluding diaryl/α,β-unsaturated/α-hetero) is 1. The molecule has 0 saturated heterocycles. The van der Waals surface area contributed by atoms with Crippen LogP contribution in [0.4, 0.5) is 0 Å². The van der Waals surface area contributed by atoms with Crippen LogP contribution in [-0.4, -0.2) is 17.1 Å². The predicted molar refractivity (Wildman–Crippen MR) is 72.8 cm³/mol. The van der Waals surface area contributed by atoms with Gasteiger partial charge >= 0.3 is 0 Å². The van der Waals surface area contributed by atoms with Crippen LogP contribution >= 0.6 is 12.4 Å². The first-order valence-corrected chi connectivity index (χ1v) is 5.67. The molecule has 3 aliphatic rings. The van der Waals surface area contributed by atoms with Crippen molar-refractivity contribution in [1.29, 1.82) is 0 Å². The van der Waals surface area contributed by atoms with Crippen molar-refractivity contribution >= 4 is 30.0 Å². The van der Waals surface area contributed by atoms with Gasteiger partial charge in [0.25, 0.3) is 0 Å². The standard InChI is InChI=1S/C14H8N2O2.ClH/c17-8-1-2-10-9(6-8)12-11(18)5-7-3-4-15-13(7)14(12)16-10;/h1-4,6,17H,5H2;1H. The summed E-state index contributed by atoms with van der Waals surface area (Å²) >= 11 is 0. The zero-order valence-corrected chi connectivity index (χ0v) is 10.6. The molecule has 1 aromatic carbocycles. The number of ketones is 1. The second-order valence-electron chi connectivity index (χ2n) is 4.46. The van der Waals surface area contributed by atoms with Crippen LogP contribution in [0.5, 0.6) is 5.75 Å². The van der Waals surface area contributed by atoms with Crippen LogP contribution < -0.4 is 10.6 Å². The van der Waals surface area contributed by atoms with E-state index in [0.29, 0.717) is 22.9 Å². The van der Waals surface area contributed by atoms with Crippen LogP contribution in [0.1, 0.15) is 6.42 Å². The molecular formula is C14H9ClN2O2. The smallest absolute Gasteiger partial charge is 0.170 e. The molecular weight excluding hydrogens is 264 g/mol. The third kappa shape index (κ3) is 1.50. The number of phenolic OH excluding ortho intramolecular Hbond substituents is 1. The highest BCUT2D eigenvalue weighted by molar-refractivity contribution is 6.24. The Labute approximate surface area is 114 Å². The minimum absolute atomic E-state index is 0. The first-order chi connectivity index (χ1) is 8.74. The molecule has 94 valence electrons. The van der Waals surface area contributed by atoms with E-state index in [-0.39, 0.29) is 23.9 Å². The number of fused-ring (bicyclic) bond motifs is 3. The SMILES string of the molecule is Cl.O=C1CC2=CC=NC2=C2N=c3ccc(O)cc3=C12. The fourth-order valence-electron chi connectivity index (χ4n) is 2.56. The molecule has 0 aromatic heterocycles. The Bertz CT molecular complexity index is 831. The van der Waals surface area contributed by atoms with Crippen LogP contribution in [0, 0.1) is 0 Å². The van der Waals surface area contributed by atoms with Crippen molar-refractivity contribution < 1.29 is 9.90 Å². The van der Waals surface area contributed by atoms with Crippen molar-refractivity contribution in [2.24, 2.45) is 9.98 Å². The van der Waals surface area contributed by atoms with Gasteiger partial charge in [0.15, 0.2) is 5.78 Å². The van der Waals surface area contributed by atoms with Gasteiger partial charge in [0.2, 0.25) is 0 Å². The summed E-state index contributed by atoms with van der Waals surface area (Å²) in [5.74, 6) is 0.186. The Balaban J connectivity index is 0.00000110. The molecule has 1 N–H and O–H groups in total. The third-order valence-electron chi connectivity index (χ3n) is 3.36. The molecule has 0 fully saturated rings. The fourth-order valence-corrected chi connectivity index (χ4v) is 2.56. The maximum atomic E-state index is 12.2. The average molecular weight is 273 g/mol. The topological polar surface area (TPSA) is 62.0 Å². The van der Waals surface area contributed by atoms with E-state index in [1.165, 1.54) is 0 Å². The summed E-state index contributed by atoms with van der Waals surface area (Å²) in [5.41, 5.74) is 2.96. The minimum atomic E-state index is 0. The first kappa shape index (κ1) is 11.9. The lowest BCUT2D eigenvalue weighted by molar-refractivity contribution is -0.113. The lowest BCUT2D eigenvalue weighted by Crippen LogP contribution is -2.25. The van der Waals surface area contributed by atoms with Crippen LogP contribution in [-0.2, 0) is 4.79 Å². The van der Waals surface area contributed by atoms with Gasteiger partial charge in [0.05, 0.1) is 16.6 Å². The van der Waals surface area contributed by atoms with E-state index in [4.69, 9.17) is 0 Å². The largest absolute Gasteiger partial charge is 0.508 e. The van der Waals surface area contributed by atoms with Gasteiger partial charge in [-0.15, -0.1) is 12.4 Å². The van der Waals surface area contributed by atoms with Gasteiger partial charge in [0, 0.05) is 17.9 Å². The second-order valence-corrected chi connectivity index (χ2v) is 4.46. The number of allylic oxidation sites excluding steroid dienone is 3. The van der Waals surface area contributed by atoms with Crippen molar-refractivity contribution in [3.63, 3.8) is 0 Å². The Morgan fingerprint density at radius 2 is 2.05 bits per heavy atom. The normalized spacial score (nSPS) is 18.4. The molecule has 0 unspecified atom stereocenters. The van der Waals surface area contributed by atoms with Gasteiger partial charge in [-0.3, -0.25) is 9.79 Å². The number of hydrogen-bond donors (Lipinski definition) is 1. The predicted octanol–water partition coefficient (Wildman–Crippen LogP) is 0.793. The average Bonchev–Trinajstić information content (AvgIpc) is 2.91. The van der Waals surface area contributed by atoms with Crippen LogP contribution in [0.2, 0.25) is 0 Å². The van der Waals surface area contributed by atoms with Crippen molar-refractivity contribution in [3.8, 4) is 5.75 Å². The van der Waals surface area contributed by atoms with E-state index in [2.05, 4.69) is 9.98 Å². The van der Waals surface area contributed by atoms with Crippen LogP contribution in [0.3, 0.4) is 0 Å². The highest BCUT2D eigenvalue weighted by Crippen LogP contribution is 2.35. The Morgan fingerprint density at radius 3 is 2.89 bits per heavy atom. The summed E-state index contributed by atoms with van der Waals surface area (Å²) < 4.78 is 0. The van der Waals surface area contributed by atoms with Gasteiger partial charge in [-0.1, -0.05) is 0 Å².